The van der Waals surface area contributed by atoms with E-state index in [1.807, 2.05) is 0 Å². The van der Waals surface area contributed by atoms with Crippen LogP contribution >= 0.6 is 0 Å². The highest BCUT2D eigenvalue weighted by Gasteiger charge is 2.23. The molecule has 8 heteroatoms. The summed E-state index contributed by atoms with van der Waals surface area (Å²) in [4.78, 5) is 28.7. The van der Waals surface area contributed by atoms with E-state index >= 15 is 0 Å². The van der Waals surface area contributed by atoms with Gasteiger partial charge < -0.3 is 26.2 Å². The molecule has 94 valence electrons. The number of imidazole rings is 1. The maximum atomic E-state index is 11.3. The number of aliphatic hydroxyl groups is 1. The summed E-state index contributed by atoms with van der Waals surface area (Å²) in [5.41, 5.74) is 5.84. The summed E-state index contributed by atoms with van der Waals surface area (Å²) in [6.07, 6.45) is 2.95. The first-order valence-electron chi connectivity index (χ1n) is 4.91. The summed E-state index contributed by atoms with van der Waals surface area (Å²) in [7, 11) is 0. The molecule has 8 nitrogen and oxygen atoms in total. The van der Waals surface area contributed by atoms with Crippen LogP contribution in [0.15, 0.2) is 12.5 Å². The summed E-state index contributed by atoms with van der Waals surface area (Å²) in [5.74, 6) is -1.89. The molecule has 0 spiro atoms. The smallest absolute Gasteiger partial charge is 0.326 e. The zero-order valence-electron chi connectivity index (χ0n) is 8.96. The number of rotatable bonds is 6. The third-order valence-electron chi connectivity index (χ3n) is 2.13. The number of aromatic amines is 1. The number of nitrogens with zero attached hydrogens (tertiary/aromatic N) is 1. The SMILES string of the molecule is N[C@@H](CO)C(=O)NC(Cc1cnc[nH]1)C(=O)O. The lowest BCUT2D eigenvalue weighted by molar-refractivity contribution is -0.142. The van der Waals surface area contributed by atoms with E-state index in [0.29, 0.717) is 5.69 Å². The predicted octanol–water partition coefficient (Wildman–Crippen LogP) is -2.16. The van der Waals surface area contributed by atoms with Crippen LogP contribution in [0.1, 0.15) is 5.69 Å². The zero-order chi connectivity index (χ0) is 12.8. The Morgan fingerprint density at radius 3 is 2.76 bits per heavy atom. The van der Waals surface area contributed by atoms with Gasteiger partial charge in [-0.15, -0.1) is 0 Å². The Hall–Kier alpha value is -1.93. The third-order valence-corrected chi connectivity index (χ3v) is 2.13. The van der Waals surface area contributed by atoms with Crippen molar-refractivity contribution in [3.63, 3.8) is 0 Å². The second-order valence-corrected chi connectivity index (χ2v) is 3.47. The fourth-order valence-electron chi connectivity index (χ4n) is 1.18. The largest absolute Gasteiger partial charge is 0.480 e. The van der Waals surface area contributed by atoms with Gasteiger partial charge in [0.1, 0.15) is 12.1 Å². The first kappa shape index (κ1) is 13.1. The minimum atomic E-state index is -1.18. The number of carboxylic acids is 1. The van der Waals surface area contributed by atoms with Crippen molar-refractivity contribution >= 4 is 11.9 Å². The molecule has 1 aromatic heterocycles. The van der Waals surface area contributed by atoms with Crippen molar-refractivity contribution in [1.82, 2.24) is 15.3 Å². The number of nitrogens with two attached hydrogens (primary N) is 1. The number of aliphatic hydroxyl groups excluding tert-OH is 1. The van der Waals surface area contributed by atoms with Gasteiger partial charge in [-0.25, -0.2) is 9.78 Å². The maximum absolute atomic E-state index is 11.3. The topological polar surface area (TPSA) is 141 Å². The molecule has 1 amide bonds. The summed E-state index contributed by atoms with van der Waals surface area (Å²) in [5, 5.41) is 19.8. The Morgan fingerprint density at radius 2 is 2.29 bits per heavy atom. The van der Waals surface area contributed by atoms with Gasteiger partial charge in [0, 0.05) is 18.3 Å². The van der Waals surface area contributed by atoms with Crippen molar-refractivity contribution < 1.29 is 19.8 Å². The van der Waals surface area contributed by atoms with E-state index in [2.05, 4.69) is 15.3 Å². The van der Waals surface area contributed by atoms with Crippen molar-refractivity contribution in [2.75, 3.05) is 6.61 Å². The van der Waals surface area contributed by atoms with Crippen LogP contribution in [-0.4, -0.2) is 50.7 Å². The van der Waals surface area contributed by atoms with E-state index in [-0.39, 0.29) is 6.42 Å². The van der Waals surface area contributed by atoms with Crippen molar-refractivity contribution in [1.29, 1.82) is 0 Å². The minimum Gasteiger partial charge on any atom is -0.480 e. The number of carbonyl (C=O) groups excluding carboxylic acids is 1. The van der Waals surface area contributed by atoms with Crippen LogP contribution in [0.5, 0.6) is 0 Å². The molecule has 0 aromatic carbocycles. The van der Waals surface area contributed by atoms with E-state index in [0.717, 1.165) is 0 Å². The van der Waals surface area contributed by atoms with Gasteiger partial charge >= 0.3 is 5.97 Å². The highest BCUT2D eigenvalue weighted by molar-refractivity contribution is 5.86. The van der Waals surface area contributed by atoms with Crippen LogP contribution in [0.2, 0.25) is 0 Å². The summed E-state index contributed by atoms with van der Waals surface area (Å²) in [6.45, 7) is -0.539. The predicted molar refractivity (Wildman–Crippen MR) is 56.9 cm³/mol. The number of aromatic nitrogens is 2. The molecule has 1 aromatic rings. The minimum absolute atomic E-state index is 0.0687. The van der Waals surface area contributed by atoms with Gasteiger partial charge in [0.25, 0.3) is 0 Å². The molecule has 0 fully saturated rings. The van der Waals surface area contributed by atoms with Gasteiger partial charge in [0.2, 0.25) is 5.91 Å². The highest BCUT2D eigenvalue weighted by atomic mass is 16.4. The van der Waals surface area contributed by atoms with Crippen molar-refractivity contribution in [2.24, 2.45) is 5.73 Å². The molecule has 0 aliphatic carbocycles. The standard InChI is InChI=1S/C9H14N4O4/c10-6(3-14)8(15)13-7(9(16)17)1-5-2-11-4-12-5/h2,4,6-7,14H,1,3,10H2,(H,11,12)(H,13,15)(H,16,17)/t6-,7?/m0/s1. The fourth-order valence-corrected chi connectivity index (χ4v) is 1.18. The van der Waals surface area contributed by atoms with Gasteiger partial charge in [-0.05, 0) is 0 Å². The van der Waals surface area contributed by atoms with Crippen LogP contribution in [0.4, 0.5) is 0 Å². The molecule has 6 N–H and O–H groups in total. The molecule has 0 radical (unpaired) electrons. The fraction of sp³-hybridized carbons (Fsp3) is 0.444. The van der Waals surface area contributed by atoms with Crippen LogP contribution in [0.3, 0.4) is 0 Å². The molecule has 2 atom stereocenters. The maximum Gasteiger partial charge on any atom is 0.326 e. The molecule has 0 saturated carbocycles. The van der Waals surface area contributed by atoms with E-state index in [4.69, 9.17) is 15.9 Å². The number of hydrogen-bond donors (Lipinski definition) is 5. The van der Waals surface area contributed by atoms with Crippen molar-refractivity contribution in [3.05, 3.63) is 18.2 Å². The molecule has 1 rings (SSSR count). The number of carboxylic acid groups (broad SMARTS) is 1. The van der Waals surface area contributed by atoms with Crippen LogP contribution < -0.4 is 11.1 Å². The molecule has 17 heavy (non-hydrogen) atoms. The first-order chi connectivity index (χ1) is 8.04. The first-order valence-corrected chi connectivity index (χ1v) is 4.91. The normalized spacial score (nSPS) is 14.0. The average molecular weight is 242 g/mol. The second-order valence-electron chi connectivity index (χ2n) is 3.47. The van der Waals surface area contributed by atoms with Gasteiger partial charge in [0.15, 0.2) is 0 Å². The van der Waals surface area contributed by atoms with E-state index in [1.54, 1.807) is 0 Å². The Kier molecular flexibility index (Phi) is 4.61. The Morgan fingerprint density at radius 1 is 1.59 bits per heavy atom. The molecule has 0 saturated heterocycles. The highest BCUT2D eigenvalue weighted by Crippen LogP contribution is 1.99. The number of amides is 1. The molecule has 0 aliphatic heterocycles. The number of carbonyl (C=O) groups is 2. The average Bonchev–Trinajstić information content (AvgIpc) is 2.79. The lowest BCUT2D eigenvalue weighted by atomic mass is 10.1. The van der Waals surface area contributed by atoms with Crippen molar-refractivity contribution in [2.45, 2.75) is 18.5 Å². The lowest BCUT2D eigenvalue weighted by Crippen LogP contribution is -2.50. The second kappa shape index (κ2) is 5.97. The number of hydrogen-bond acceptors (Lipinski definition) is 5. The summed E-state index contributed by atoms with van der Waals surface area (Å²) >= 11 is 0. The quantitative estimate of drug-likeness (QED) is 0.385. The monoisotopic (exact) mass is 242 g/mol. The van der Waals surface area contributed by atoms with Crippen LogP contribution in [0, 0.1) is 0 Å². The third kappa shape index (κ3) is 3.85. The molecule has 0 bridgehead atoms. The van der Waals surface area contributed by atoms with Gasteiger partial charge in [-0.3, -0.25) is 4.79 Å². The Bertz CT molecular complexity index is 378. The van der Waals surface area contributed by atoms with E-state index in [1.165, 1.54) is 12.5 Å². The number of nitrogens with one attached hydrogen (secondary N) is 2. The number of aliphatic carboxylic acids is 1. The number of H-pyrrole nitrogens is 1. The van der Waals surface area contributed by atoms with E-state index in [9.17, 15) is 9.59 Å². The van der Waals surface area contributed by atoms with Gasteiger partial charge in [0.05, 0.1) is 12.9 Å². The Balaban J connectivity index is 2.61. The molecule has 0 aliphatic rings. The summed E-state index contributed by atoms with van der Waals surface area (Å²) in [6, 6.07) is -2.24. The zero-order valence-corrected chi connectivity index (χ0v) is 8.96. The molecular weight excluding hydrogens is 228 g/mol. The summed E-state index contributed by atoms with van der Waals surface area (Å²) < 4.78 is 0. The van der Waals surface area contributed by atoms with Crippen LogP contribution in [-0.2, 0) is 16.0 Å². The Labute approximate surface area is 96.9 Å². The van der Waals surface area contributed by atoms with Gasteiger partial charge in [-0.2, -0.15) is 0 Å². The van der Waals surface area contributed by atoms with Crippen molar-refractivity contribution in [3.8, 4) is 0 Å². The molecule has 1 unspecified atom stereocenters. The molecule has 1 heterocycles. The van der Waals surface area contributed by atoms with E-state index < -0.39 is 30.6 Å². The van der Waals surface area contributed by atoms with Gasteiger partial charge in [-0.1, -0.05) is 0 Å². The lowest BCUT2D eigenvalue weighted by Gasteiger charge is -2.15. The van der Waals surface area contributed by atoms with Crippen LogP contribution in [0.25, 0.3) is 0 Å². The molecular formula is C9H14N4O4.